The maximum Gasteiger partial charge on any atom is 0.0249 e. The normalized spacial score (nSPS) is 26.3. The fourth-order valence-corrected chi connectivity index (χ4v) is 5.66. The van der Waals surface area contributed by atoms with Gasteiger partial charge in [0.25, 0.3) is 0 Å². The summed E-state index contributed by atoms with van der Waals surface area (Å²) in [5, 5.41) is 0. The van der Waals surface area contributed by atoms with Gasteiger partial charge in [-0.25, -0.2) is 0 Å². The first-order chi connectivity index (χ1) is 14.2. The Morgan fingerprint density at radius 2 is 1.38 bits per heavy atom. The molecule has 0 saturated heterocycles. The third-order valence-corrected chi connectivity index (χ3v) is 7.47. The van der Waals surface area contributed by atoms with Crippen molar-refractivity contribution in [3.05, 3.63) is 70.8 Å². The minimum absolute atomic E-state index is 0.766. The lowest BCUT2D eigenvalue weighted by molar-refractivity contribution is 0.113. The van der Waals surface area contributed by atoms with Crippen molar-refractivity contribution in [2.75, 3.05) is 0 Å². The summed E-state index contributed by atoms with van der Waals surface area (Å²) in [6, 6.07) is 17.6. The van der Waals surface area contributed by atoms with Gasteiger partial charge >= 0.3 is 0 Å². The highest BCUT2D eigenvalue weighted by Gasteiger charge is 2.35. The molecule has 0 nitrogen and oxygen atoms in total. The SMILES string of the molecule is CCCCC1CC[C@@H]2C[C@H](c3ccc(C#Cc4ccc(C)cc4)cc3)CC[C@@H]2C1. The molecule has 2 fully saturated rings. The lowest BCUT2D eigenvalue weighted by atomic mass is 9.63. The minimum Gasteiger partial charge on any atom is -0.0654 e. The number of benzene rings is 2. The van der Waals surface area contributed by atoms with Gasteiger partial charge in [0.15, 0.2) is 0 Å². The van der Waals surface area contributed by atoms with Gasteiger partial charge in [-0.2, -0.15) is 0 Å². The van der Waals surface area contributed by atoms with Gasteiger partial charge in [-0.3, -0.25) is 0 Å². The van der Waals surface area contributed by atoms with Crippen LogP contribution in [0.2, 0.25) is 0 Å². The molecule has 0 aliphatic heterocycles. The molecule has 0 heterocycles. The van der Waals surface area contributed by atoms with Crippen molar-refractivity contribution in [2.24, 2.45) is 17.8 Å². The third-order valence-electron chi connectivity index (χ3n) is 7.47. The van der Waals surface area contributed by atoms with E-state index in [0.717, 1.165) is 34.8 Å². The predicted molar refractivity (Wildman–Crippen MR) is 124 cm³/mol. The maximum absolute atomic E-state index is 3.33. The molecule has 0 heteroatoms. The highest BCUT2D eigenvalue weighted by Crippen LogP contribution is 2.48. The fraction of sp³-hybridized carbons (Fsp3) is 0.517. The summed E-state index contributed by atoms with van der Waals surface area (Å²) >= 11 is 0. The molecular weight excluding hydrogens is 348 g/mol. The van der Waals surface area contributed by atoms with E-state index in [9.17, 15) is 0 Å². The molecule has 2 saturated carbocycles. The van der Waals surface area contributed by atoms with Gasteiger partial charge < -0.3 is 0 Å². The molecule has 2 aromatic rings. The first kappa shape index (κ1) is 20.3. The van der Waals surface area contributed by atoms with Gasteiger partial charge in [0.05, 0.1) is 0 Å². The number of unbranched alkanes of at least 4 members (excludes halogenated alkanes) is 1. The van der Waals surface area contributed by atoms with Crippen LogP contribution in [0.3, 0.4) is 0 Å². The van der Waals surface area contributed by atoms with Crippen LogP contribution in [0.5, 0.6) is 0 Å². The second kappa shape index (κ2) is 9.67. The quantitative estimate of drug-likeness (QED) is 0.470. The van der Waals surface area contributed by atoms with Crippen molar-refractivity contribution < 1.29 is 0 Å². The smallest absolute Gasteiger partial charge is 0.0249 e. The van der Waals surface area contributed by atoms with Gasteiger partial charge in [-0.15, -0.1) is 0 Å². The number of hydrogen-bond acceptors (Lipinski definition) is 0. The molecule has 0 bridgehead atoms. The van der Waals surface area contributed by atoms with E-state index in [1.165, 1.54) is 68.9 Å². The molecule has 1 unspecified atom stereocenters. The van der Waals surface area contributed by atoms with Crippen LogP contribution in [0, 0.1) is 36.5 Å². The molecule has 0 amide bonds. The summed E-state index contributed by atoms with van der Waals surface area (Å²) in [4.78, 5) is 0. The highest BCUT2D eigenvalue weighted by atomic mass is 14.4. The lowest BCUT2D eigenvalue weighted by Gasteiger charge is -2.42. The Bertz CT molecular complexity index is 830. The van der Waals surface area contributed by atoms with Crippen molar-refractivity contribution in [2.45, 2.75) is 77.6 Å². The van der Waals surface area contributed by atoms with E-state index in [4.69, 9.17) is 0 Å². The zero-order valence-electron chi connectivity index (χ0n) is 18.3. The summed E-state index contributed by atoms with van der Waals surface area (Å²) in [5.74, 6) is 10.4. The van der Waals surface area contributed by atoms with Crippen LogP contribution < -0.4 is 0 Å². The van der Waals surface area contributed by atoms with E-state index in [1.54, 1.807) is 0 Å². The van der Waals surface area contributed by atoms with E-state index < -0.39 is 0 Å². The lowest BCUT2D eigenvalue weighted by Crippen LogP contribution is -2.30. The van der Waals surface area contributed by atoms with Gasteiger partial charge in [-0.05, 0) is 92.5 Å². The van der Waals surface area contributed by atoms with Crippen molar-refractivity contribution in [1.82, 2.24) is 0 Å². The Morgan fingerprint density at radius 1 is 0.759 bits per heavy atom. The van der Waals surface area contributed by atoms with Crippen molar-refractivity contribution >= 4 is 0 Å². The number of fused-ring (bicyclic) bond motifs is 1. The van der Waals surface area contributed by atoms with Gasteiger partial charge in [-0.1, -0.05) is 74.3 Å². The van der Waals surface area contributed by atoms with Crippen LogP contribution in [0.1, 0.15) is 92.9 Å². The Labute approximate surface area is 178 Å². The Hall–Kier alpha value is -2.00. The summed E-state index contributed by atoms with van der Waals surface area (Å²) < 4.78 is 0. The zero-order valence-corrected chi connectivity index (χ0v) is 18.3. The van der Waals surface area contributed by atoms with E-state index in [2.05, 4.69) is 74.2 Å². The van der Waals surface area contributed by atoms with E-state index in [1.807, 2.05) is 0 Å². The van der Waals surface area contributed by atoms with Crippen LogP contribution in [-0.2, 0) is 0 Å². The molecule has 4 atom stereocenters. The maximum atomic E-state index is 3.33. The Morgan fingerprint density at radius 3 is 2.07 bits per heavy atom. The summed E-state index contributed by atoms with van der Waals surface area (Å²) in [5.41, 5.74) is 5.04. The molecule has 4 rings (SSSR count). The molecule has 0 radical (unpaired) electrons. The molecule has 0 aromatic heterocycles. The molecular formula is C29H36. The van der Waals surface area contributed by atoms with E-state index in [0.29, 0.717) is 0 Å². The average Bonchev–Trinajstić information content (AvgIpc) is 2.77. The van der Waals surface area contributed by atoms with Crippen LogP contribution in [0.4, 0.5) is 0 Å². The third kappa shape index (κ3) is 5.33. The molecule has 152 valence electrons. The second-order valence-corrected chi connectivity index (χ2v) is 9.59. The van der Waals surface area contributed by atoms with Crippen LogP contribution in [-0.4, -0.2) is 0 Å². The first-order valence-electron chi connectivity index (χ1n) is 11.9. The number of aryl methyl sites for hydroxylation is 1. The number of hydrogen-bond donors (Lipinski definition) is 0. The Kier molecular flexibility index (Phi) is 6.76. The van der Waals surface area contributed by atoms with Gasteiger partial charge in [0.2, 0.25) is 0 Å². The molecule has 2 aromatic carbocycles. The largest absolute Gasteiger partial charge is 0.0654 e. The molecule has 29 heavy (non-hydrogen) atoms. The molecule has 2 aliphatic rings. The molecule has 2 aliphatic carbocycles. The number of rotatable bonds is 4. The van der Waals surface area contributed by atoms with Crippen molar-refractivity contribution in [3.8, 4) is 11.8 Å². The monoisotopic (exact) mass is 384 g/mol. The van der Waals surface area contributed by atoms with Crippen molar-refractivity contribution in [1.29, 1.82) is 0 Å². The van der Waals surface area contributed by atoms with Crippen LogP contribution in [0.25, 0.3) is 0 Å². The van der Waals surface area contributed by atoms with Gasteiger partial charge in [0, 0.05) is 11.1 Å². The summed E-state index contributed by atoms with van der Waals surface area (Å²) in [6.07, 6.45) is 13.0. The molecule has 0 N–H and O–H groups in total. The topological polar surface area (TPSA) is 0 Å². The predicted octanol–water partition coefficient (Wildman–Crippen LogP) is 7.89. The first-order valence-corrected chi connectivity index (χ1v) is 11.9. The highest BCUT2D eigenvalue weighted by molar-refractivity contribution is 5.44. The van der Waals surface area contributed by atoms with E-state index >= 15 is 0 Å². The zero-order chi connectivity index (χ0) is 20.1. The van der Waals surface area contributed by atoms with Crippen molar-refractivity contribution in [3.63, 3.8) is 0 Å². The van der Waals surface area contributed by atoms with Crippen LogP contribution in [0.15, 0.2) is 48.5 Å². The van der Waals surface area contributed by atoms with Crippen LogP contribution >= 0.6 is 0 Å². The Balaban J connectivity index is 1.34. The fourth-order valence-electron chi connectivity index (χ4n) is 5.66. The standard InChI is InChI=1S/C29H36/c1-3-4-5-25-14-17-29-21-28(19-18-27(29)20-25)26-15-12-24(13-16-26)11-10-23-8-6-22(2)7-9-23/h6-9,12-13,15-16,25,27-29H,3-5,14,17-21H2,1-2H3/t25?,27-,28-,29-/m1/s1. The second-order valence-electron chi connectivity index (χ2n) is 9.59. The van der Waals surface area contributed by atoms with Gasteiger partial charge in [0.1, 0.15) is 0 Å². The van der Waals surface area contributed by atoms with E-state index in [-0.39, 0.29) is 0 Å². The minimum atomic E-state index is 0.766. The summed E-state index contributed by atoms with van der Waals surface area (Å²) in [6.45, 7) is 4.44. The average molecular weight is 385 g/mol. The summed E-state index contributed by atoms with van der Waals surface area (Å²) in [7, 11) is 0. The molecule has 0 spiro atoms.